The van der Waals surface area contributed by atoms with Crippen molar-refractivity contribution in [2.75, 3.05) is 0 Å². The summed E-state index contributed by atoms with van der Waals surface area (Å²) in [6.45, 7) is 0. The lowest BCUT2D eigenvalue weighted by molar-refractivity contribution is 0.140. The Morgan fingerprint density at radius 1 is 1.47 bits per heavy atom. The van der Waals surface area contributed by atoms with E-state index in [0.717, 1.165) is 0 Å². The van der Waals surface area contributed by atoms with E-state index in [9.17, 15) is 21.6 Å². The van der Waals surface area contributed by atoms with Crippen LogP contribution in [0.4, 0.5) is 13.2 Å². The summed E-state index contributed by atoms with van der Waals surface area (Å²) in [4.78, 5) is 1.89. The zero-order valence-electron chi connectivity index (χ0n) is 6.92. The number of pyridine rings is 1. The van der Waals surface area contributed by atoms with Crippen LogP contribution in [0.15, 0.2) is 15.4 Å². The van der Waals surface area contributed by atoms with Crippen LogP contribution in [0.25, 0.3) is 0 Å². The first-order chi connectivity index (χ1) is 6.73. The van der Waals surface area contributed by atoms with E-state index in [2.05, 4.69) is 20.9 Å². The van der Waals surface area contributed by atoms with Gasteiger partial charge in [-0.2, -0.15) is 4.39 Å². The molecule has 0 aliphatic carbocycles. The summed E-state index contributed by atoms with van der Waals surface area (Å²) in [5, 5.41) is 4.69. The molecule has 0 atom stereocenters. The van der Waals surface area contributed by atoms with E-state index in [4.69, 9.17) is 5.14 Å². The van der Waals surface area contributed by atoms with Crippen LogP contribution in [-0.2, 0) is 10.0 Å². The SMILES string of the molecule is NS(=O)(=O)c1c(Br)cc(F)nc1C(F)F. The van der Waals surface area contributed by atoms with Crippen molar-refractivity contribution in [1.82, 2.24) is 4.98 Å². The van der Waals surface area contributed by atoms with Gasteiger partial charge in [-0.1, -0.05) is 0 Å². The second-order valence-electron chi connectivity index (χ2n) is 2.49. The van der Waals surface area contributed by atoms with E-state index in [1.807, 2.05) is 0 Å². The molecule has 0 bridgehead atoms. The number of nitrogens with two attached hydrogens (primary N) is 1. The van der Waals surface area contributed by atoms with Gasteiger partial charge < -0.3 is 0 Å². The van der Waals surface area contributed by atoms with E-state index < -0.39 is 33.0 Å². The van der Waals surface area contributed by atoms with Gasteiger partial charge in [0.2, 0.25) is 16.0 Å². The molecule has 1 heterocycles. The number of alkyl halides is 2. The number of hydrogen-bond acceptors (Lipinski definition) is 3. The number of halogens is 4. The van der Waals surface area contributed by atoms with Gasteiger partial charge in [-0.15, -0.1) is 0 Å². The number of aromatic nitrogens is 1. The van der Waals surface area contributed by atoms with Crippen molar-refractivity contribution in [2.24, 2.45) is 5.14 Å². The number of hydrogen-bond donors (Lipinski definition) is 1. The molecule has 4 nitrogen and oxygen atoms in total. The molecular formula is C6H4BrF3N2O2S. The maximum absolute atomic E-state index is 12.6. The molecular weight excluding hydrogens is 301 g/mol. The van der Waals surface area contributed by atoms with Crippen LogP contribution in [0.2, 0.25) is 0 Å². The fraction of sp³-hybridized carbons (Fsp3) is 0.167. The predicted octanol–water partition coefficient (Wildman–Crippen LogP) is 1.57. The van der Waals surface area contributed by atoms with Crippen molar-refractivity contribution in [2.45, 2.75) is 11.3 Å². The summed E-state index contributed by atoms with van der Waals surface area (Å²) >= 11 is 2.63. The van der Waals surface area contributed by atoms with Crippen LogP contribution < -0.4 is 5.14 Å². The third-order valence-electron chi connectivity index (χ3n) is 1.41. The average Bonchev–Trinajstić information content (AvgIpc) is 1.99. The third kappa shape index (κ3) is 2.67. The lowest BCUT2D eigenvalue weighted by atomic mass is 10.3. The molecule has 1 rings (SSSR count). The molecule has 0 aromatic carbocycles. The topological polar surface area (TPSA) is 73.1 Å². The van der Waals surface area contributed by atoms with Gasteiger partial charge in [0.05, 0.1) is 0 Å². The fourth-order valence-electron chi connectivity index (χ4n) is 0.920. The van der Waals surface area contributed by atoms with E-state index in [1.54, 1.807) is 0 Å². The van der Waals surface area contributed by atoms with Crippen molar-refractivity contribution >= 4 is 26.0 Å². The largest absolute Gasteiger partial charge is 0.281 e. The molecule has 0 saturated heterocycles. The highest BCUT2D eigenvalue weighted by molar-refractivity contribution is 9.10. The fourth-order valence-corrected chi connectivity index (χ4v) is 2.75. The zero-order chi connectivity index (χ0) is 11.8. The Labute approximate surface area is 91.5 Å². The standard InChI is InChI=1S/C6H4BrF3N2O2S/c7-2-1-3(8)12-4(6(9)10)5(2)15(11,13)14/h1,6H,(H2,11,13,14). The zero-order valence-corrected chi connectivity index (χ0v) is 9.32. The molecule has 1 aromatic rings. The summed E-state index contributed by atoms with van der Waals surface area (Å²) in [5.41, 5.74) is -1.20. The van der Waals surface area contributed by atoms with Crippen LogP contribution in [-0.4, -0.2) is 13.4 Å². The molecule has 2 N–H and O–H groups in total. The van der Waals surface area contributed by atoms with Crippen molar-refractivity contribution in [1.29, 1.82) is 0 Å². The quantitative estimate of drug-likeness (QED) is 0.843. The second-order valence-corrected chi connectivity index (χ2v) is 4.84. The molecule has 0 saturated carbocycles. The van der Waals surface area contributed by atoms with Gasteiger partial charge in [-0.25, -0.2) is 27.3 Å². The van der Waals surface area contributed by atoms with Crippen LogP contribution in [0.5, 0.6) is 0 Å². The molecule has 9 heteroatoms. The highest BCUT2D eigenvalue weighted by Crippen LogP contribution is 2.30. The Hall–Kier alpha value is -0.670. The van der Waals surface area contributed by atoms with Gasteiger partial charge in [-0.05, 0) is 15.9 Å². The maximum atomic E-state index is 12.6. The van der Waals surface area contributed by atoms with Gasteiger partial charge in [0.1, 0.15) is 10.6 Å². The van der Waals surface area contributed by atoms with E-state index in [1.165, 1.54) is 0 Å². The molecule has 15 heavy (non-hydrogen) atoms. The van der Waals surface area contributed by atoms with Crippen LogP contribution in [0, 0.1) is 5.95 Å². The van der Waals surface area contributed by atoms with Crippen molar-refractivity contribution in [3.05, 3.63) is 22.2 Å². The molecule has 0 spiro atoms. The first-order valence-electron chi connectivity index (χ1n) is 3.40. The number of primary sulfonamides is 1. The van der Waals surface area contributed by atoms with Gasteiger partial charge in [0, 0.05) is 10.5 Å². The van der Waals surface area contributed by atoms with Crippen LogP contribution in [0.1, 0.15) is 12.1 Å². The summed E-state index contributed by atoms with van der Waals surface area (Å²) in [5.74, 6) is -1.22. The van der Waals surface area contributed by atoms with Crippen LogP contribution >= 0.6 is 15.9 Å². The first-order valence-corrected chi connectivity index (χ1v) is 5.74. The predicted molar refractivity (Wildman–Crippen MR) is 48.2 cm³/mol. The minimum atomic E-state index is -4.38. The monoisotopic (exact) mass is 304 g/mol. The molecule has 1 aromatic heterocycles. The molecule has 0 aliphatic rings. The van der Waals surface area contributed by atoms with Gasteiger partial charge in [0.15, 0.2) is 0 Å². The Morgan fingerprint density at radius 3 is 2.40 bits per heavy atom. The van der Waals surface area contributed by atoms with Gasteiger partial charge in [-0.3, -0.25) is 0 Å². The third-order valence-corrected chi connectivity index (χ3v) is 3.30. The molecule has 0 amide bonds. The highest BCUT2D eigenvalue weighted by Gasteiger charge is 2.26. The minimum Gasteiger partial charge on any atom is -0.225 e. The highest BCUT2D eigenvalue weighted by atomic mass is 79.9. The summed E-state index contributed by atoms with van der Waals surface area (Å²) < 4.78 is 58.8. The lowest BCUT2D eigenvalue weighted by Gasteiger charge is -2.07. The molecule has 0 unspecified atom stereocenters. The van der Waals surface area contributed by atoms with Crippen molar-refractivity contribution in [3.63, 3.8) is 0 Å². The Morgan fingerprint density at radius 2 is 2.00 bits per heavy atom. The molecule has 84 valence electrons. The van der Waals surface area contributed by atoms with Gasteiger partial charge >= 0.3 is 0 Å². The summed E-state index contributed by atoms with van der Waals surface area (Å²) in [7, 11) is -4.38. The lowest BCUT2D eigenvalue weighted by Crippen LogP contribution is -2.17. The number of nitrogens with zero attached hydrogens (tertiary/aromatic N) is 1. The average molecular weight is 305 g/mol. The first kappa shape index (κ1) is 12.4. The Balaban J connectivity index is 3.62. The Kier molecular flexibility index (Phi) is 3.36. The molecule has 0 fully saturated rings. The van der Waals surface area contributed by atoms with Crippen molar-refractivity contribution in [3.8, 4) is 0 Å². The normalized spacial score (nSPS) is 12.1. The maximum Gasteiger partial charge on any atom is 0.281 e. The molecule has 0 radical (unpaired) electrons. The van der Waals surface area contributed by atoms with Crippen molar-refractivity contribution < 1.29 is 21.6 Å². The number of rotatable bonds is 2. The Bertz CT molecular complexity index is 491. The van der Waals surface area contributed by atoms with E-state index >= 15 is 0 Å². The summed E-state index contributed by atoms with van der Waals surface area (Å²) in [6.07, 6.45) is -3.23. The smallest absolute Gasteiger partial charge is 0.225 e. The van der Waals surface area contributed by atoms with E-state index in [-0.39, 0.29) is 4.47 Å². The molecule has 0 aliphatic heterocycles. The number of sulfonamides is 1. The summed E-state index contributed by atoms with van der Waals surface area (Å²) in [6, 6.07) is 0.644. The second kappa shape index (κ2) is 4.06. The van der Waals surface area contributed by atoms with E-state index in [0.29, 0.717) is 6.07 Å². The van der Waals surface area contributed by atoms with Crippen LogP contribution in [0.3, 0.4) is 0 Å². The minimum absolute atomic E-state index is 0.382. The van der Waals surface area contributed by atoms with Gasteiger partial charge in [0.25, 0.3) is 6.43 Å².